The van der Waals surface area contributed by atoms with Crippen molar-refractivity contribution in [1.82, 2.24) is 20.0 Å². The summed E-state index contributed by atoms with van der Waals surface area (Å²) in [6.07, 6.45) is 1.77. The normalized spacial score (nSPS) is 11.1. The number of hydrogen-bond acceptors (Lipinski definition) is 7. The molecule has 1 amide bonds. The Morgan fingerprint density at radius 3 is 2.61 bits per heavy atom. The molecule has 0 aliphatic heterocycles. The van der Waals surface area contributed by atoms with Crippen LogP contribution in [0.15, 0.2) is 83.3 Å². The predicted octanol–water partition coefficient (Wildman–Crippen LogP) is 5.56. The van der Waals surface area contributed by atoms with Crippen LogP contribution in [0.5, 0.6) is 5.75 Å². The fourth-order valence-electron chi connectivity index (χ4n) is 3.61. The molecular weight excluding hydrogens is 497 g/mol. The van der Waals surface area contributed by atoms with Crippen molar-refractivity contribution >= 4 is 44.9 Å². The van der Waals surface area contributed by atoms with Crippen molar-refractivity contribution in [3.8, 4) is 5.75 Å². The van der Waals surface area contributed by atoms with Gasteiger partial charge < -0.3 is 9.64 Å². The summed E-state index contributed by atoms with van der Waals surface area (Å²) in [4.78, 5) is 19.6. The van der Waals surface area contributed by atoms with E-state index >= 15 is 0 Å². The van der Waals surface area contributed by atoms with Crippen LogP contribution in [-0.2, 0) is 23.6 Å². The molecule has 182 valence electrons. The van der Waals surface area contributed by atoms with E-state index in [4.69, 9.17) is 4.74 Å². The van der Waals surface area contributed by atoms with Gasteiger partial charge in [-0.3, -0.25) is 4.79 Å². The zero-order valence-electron chi connectivity index (χ0n) is 19.4. The van der Waals surface area contributed by atoms with E-state index in [1.165, 1.54) is 16.8 Å². The number of halogens is 1. The summed E-state index contributed by atoms with van der Waals surface area (Å²) in [6.45, 7) is 0.329. The Labute approximate surface area is 215 Å². The molecule has 0 atom stereocenters. The first-order valence-corrected chi connectivity index (χ1v) is 12.9. The summed E-state index contributed by atoms with van der Waals surface area (Å²) in [6, 6.07) is 21.4. The molecule has 5 rings (SSSR count). The van der Waals surface area contributed by atoms with Gasteiger partial charge in [-0.1, -0.05) is 41.2 Å². The number of carbonyl (C=O) groups is 1. The van der Waals surface area contributed by atoms with E-state index in [2.05, 4.69) is 21.4 Å². The molecule has 2 aromatic heterocycles. The molecule has 10 heteroatoms. The van der Waals surface area contributed by atoms with E-state index in [9.17, 15) is 9.18 Å². The van der Waals surface area contributed by atoms with Gasteiger partial charge in [-0.05, 0) is 54.1 Å². The number of benzene rings is 3. The number of amides is 1. The highest BCUT2D eigenvalue weighted by Crippen LogP contribution is 2.31. The summed E-state index contributed by atoms with van der Waals surface area (Å²) >= 11 is 3.23. The van der Waals surface area contributed by atoms with Crippen LogP contribution in [0.25, 0.3) is 10.2 Å². The second kappa shape index (κ2) is 10.9. The lowest BCUT2D eigenvalue weighted by molar-refractivity contribution is -0.119. The highest BCUT2D eigenvalue weighted by atomic mass is 32.2. The maximum absolute atomic E-state index is 13.5. The highest BCUT2D eigenvalue weighted by molar-refractivity contribution is 8.00. The lowest BCUT2D eigenvalue weighted by Gasteiger charge is -2.23. The van der Waals surface area contributed by atoms with Crippen molar-refractivity contribution < 1.29 is 13.9 Å². The largest absolute Gasteiger partial charge is 0.497 e. The topological polar surface area (TPSA) is 73.1 Å². The molecule has 36 heavy (non-hydrogen) atoms. The average molecular weight is 520 g/mol. The zero-order valence-corrected chi connectivity index (χ0v) is 21.0. The number of fused-ring (bicyclic) bond motifs is 1. The third-order valence-corrected chi connectivity index (χ3v) is 7.65. The monoisotopic (exact) mass is 519 g/mol. The van der Waals surface area contributed by atoms with Crippen LogP contribution in [0.4, 0.5) is 10.1 Å². The molecule has 5 aromatic rings. The number of aromatic nitrogens is 4. The molecule has 0 saturated carbocycles. The Morgan fingerprint density at radius 1 is 1.08 bits per heavy atom. The predicted molar refractivity (Wildman–Crippen MR) is 140 cm³/mol. The van der Waals surface area contributed by atoms with Crippen molar-refractivity contribution in [2.45, 2.75) is 23.2 Å². The van der Waals surface area contributed by atoms with Crippen molar-refractivity contribution in [2.75, 3.05) is 12.0 Å². The molecule has 7 nitrogen and oxygen atoms in total. The standard InChI is InChI=1S/C26H22FN5O2S2/c1-34-22-12-6-18(7-13-22)14-32(21-10-8-19(27)9-11-21)25(33)16-31-15-20(29-30-31)17-35-26-28-23-4-2-3-5-24(23)36-26/h2-13,15H,14,16-17H2,1H3. The number of hydrogen-bond donors (Lipinski definition) is 0. The van der Waals surface area contributed by atoms with Gasteiger partial charge in [-0.25, -0.2) is 14.1 Å². The first-order valence-electron chi connectivity index (χ1n) is 11.1. The molecule has 0 spiro atoms. The molecule has 3 aromatic carbocycles. The van der Waals surface area contributed by atoms with E-state index in [0.29, 0.717) is 18.0 Å². The Hall–Kier alpha value is -3.76. The van der Waals surface area contributed by atoms with Gasteiger partial charge in [0.05, 0.1) is 29.6 Å². The van der Waals surface area contributed by atoms with E-state index in [-0.39, 0.29) is 18.3 Å². The Bertz CT molecular complexity index is 1440. The van der Waals surface area contributed by atoms with Crippen LogP contribution >= 0.6 is 23.1 Å². The Balaban J connectivity index is 1.27. The maximum Gasteiger partial charge on any atom is 0.249 e. The molecule has 0 fully saturated rings. The molecule has 0 aliphatic rings. The van der Waals surface area contributed by atoms with Gasteiger partial charge in [0.15, 0.2) is 4.34 Å². The van der Waals surface area contributed by atoms with Gasteiger partial charge >= 0.3 is 0 Å². The van der Waals surface area contributed by atoms with Crippen molar-refractivity contribution in [2.24, 2.45) is 0 Å². The quantitative estimate of drug-likeness (QED) is 0.237. The van der Waals surface area contributed by atoms with Gasteiger partial charge in [0.1, 0.15) is 18.1 Å². The Kier molecular flexibility index (Phi) is 7.24. The number of nitrogens with zero attached hydrogens (tertiary/aromatic N) is 5. The van der Waals surface area contributed by atoms with Gasteiger partial charge in [-0.15, -0.1) is 16.4 Å². The van der Waals surface area contributed by atoms with E-state index in [1.807, 2.05) is 42.5 Å². The van der Waals surface area contributed by atoms with Gasteiger partial charge in [0.2, 0.25) is 5.91 Å². The lowest BCUT2D eigenvalue weighted by Crippen LogP contribution is -2.33. The number of anilines is 1. The van der Waals surface area contributed by atoms with Crippen LogP contribution in [0.1, 0.15) is 11.3 Å². The van der Waals surface area contributed by atoms with Crippen molar-refractivity contribution in [3.63, 3.8) is 0 Å². The number of ether oxygens (including phenoxy) is 1. The maximum atomic E-state index is 13.5. The van der Waals surface area contributed by atoms with Crippen molar-refractivity contribution in [3.05, 3.63) is 96.1 Å². The minimum atomic E-state index is -0.359. The van der Waals surface area contributed by atoms with Crippen LogP contribution < -0.4 is 9.64 Å². The smallest absolute Gasteiger partial charge is 0.249 e. The van der Waals surface area contributed by atoms with Crippen LogP contribution in [0, 0.1) is 5.82 Å². The first kappa shape index (κ1) is 24.0. The molecule has 0 N–H and O–H groups in total. The summed E-state index contributed by atoms with van der Waals surface area (Å²) in [5, 5.41) is 8.36. The van der Waals surface area contributed by atoms with Crippen LogP contribution in [0.3, 0.4) is 0 Å². The van der Waals surface area contributed by atoms with Gasteiger partial charge in [-0.2, -0.15) is 0 Å². The molecular formula is C26H22FN5O2S2. The number of methoxy groups -OCH3 is 1. The van der Waals surface area contributed by atoms with Crippen LogP contribution in [-0.4, -0.2) is 33.0 Å². The van der Waals surface area contributed by atoms with Crippen molar-refractivity contribution in [1.29, 1.82) is 0 Å². The van der Waals surface area contributed by atoms with Gasteiger partial charge in [0.25, 0.3) is 0 Å². The summed E-state index contributed by atoms with van der Waals surface area (Å²) in [5.41, 5.74) is 3.26. The fourth-order valence-corrected chi connectivity index (χ4v) is 5.56. The third-order valence-electron chi connectivity index (χ3n) is 5.44. The van der Waals surface area contributed by atoms with E-state index < -0.39 is 0 Å². The Morgan fingerprint density at radius 2 is 1.86 bits per heavy atom. The number of rotatable bonds is 9. The first-order chi connectivity index (χ1) is 17.6. The molecule has 0 aliphatic carbocycles. The average Bonchev–Trinajstić information content (AvgIpc) is 3.53. The lowest BCUT2D eigenvalue weighted by atomic mass is 10.2. The molecule has 0 saturated heterocycles. The molecule has 2 heterocycles. The van der Waals surface area contributed by atoms with E-state index in [1.54, 1.807) is 53.4 Å². The number of thioether (sulfide) groups is 1. The number of para-hydroxylation sites is 1. The zero-order chi connectivity index (χ0) is 24.9. The number of carbonyl (C=O) groups excluding carboxylic acids is 1. The van der Waals surface area contributed by atoms with E-state index in [0.717, 1.165) is 31.6 Å². The summed E-state index contributed by atoms with van der Waals surface area (Å²) in [7, 11) is 1.60. The van der Waals surface area contributed by atoms with Crippen LogP contribution in [0.2, 0.25) is 0 Å². The summed E-state index contributed by atoms with van der Waals surface area (Å²) < 4.78 is 22.4. The van der Waals surface area contributed by atoms with Gasteiger partial charge in [0, 0.05) is 17.6 Å². The minimum Gasteiger partial charge on any atom is -0.497 e. The third kappa shape index (κ3) is 5.72. The molecule has 0 unspecified atom stereocenters. The number of thiazole rings is 1. The minimum absolute atomic E-state index is 0.00629. The highest BCUT2D eigenvalue weighted by Gasteiger charge is 2.18. The second-order valence-electron chi connectivity index (χ2n) is 7.95. The second-order valence-corrected chi connectivity index (χ2v) is 10.2. The fraction of sp³-hybridized carbons (Fsp3) is 0.154. The molecule has 0 radical (unpaired) electrons. The summed E-state index contributed by atoms with van der Waals surface area (Å²) in [5.74, 6) is 0.786. The molecule has 0 bridgehead atoms. The SMILES string of the molecule is COc1ccc(CN(C(=O)Cn2cc(CSc3nc4ccccc4s3)nn2)c2ccc(F)cc2)cc1.